The molecule has 0 radical (unpaired) electrons. The molecule has 4 aliphatic carbocycles. The van der Waals surface area contributed by atoms with Gasteiger partial charge in [-0.05, 0) is 177 Å². The number of esters is 6. The molecule has 0 atom stereocenters. The molecule has 0 aromatic heterocycles. The van der Waals surface area contributed by atoms with Crippen molar-refractivity contribution in [2.24, 2.45) is 47.3 Å². The van der Waals surface area contributed by atoms with Gasteiger partial charge in [-0.3, -0.25) is 19.2 Å². The Labute approximate surface area is 384 Å². The zero-order chi connectivity index (χ0) is 46.1. The topological polar surface area (TPSA) is 158 Å². The highest BCUT2D eigenvalue weighted by Crippen LogP contribution is 2.44. The van der Waals surface area contributed by atoms with E-state index in [9.17, 15) is 28.8 Å². The molecule has 0 saturated heterocycles. The lowest BCUT2D eigenvalue weighted by atomic mass is 9.69. The quantitative estimate of drug-likeness (QED) is 0.0408. The molecule has 12 nitrogen and oxygen atoms in total. The lowest BCUT2D eigenvalue weighted by Crippen LogP contribution is -2.31. The molecule has 4 fully saturated rings. The van der Waals surface area contributed by atoms with Crippen LogP contribution in [0.15, 0.2) is 55.6 Å². The number of unbranched alkanes of at least 4 members (excludes halogenated alkanes) is 2. The Balaban J connectivity index is 0.896. The molecule has 12 heteroatoms. The molecule has 2 aromatic carbocycles. The van der Waals surface area contributed by atoms with Crippen LogP contribution in [0.5, 0.6) is 11.5 Å². The maximum atomic E-state index is 13.6. The predicted octanol–water partition coefficient (Wildman–Crippen LogP) is 10.3. The van der Waals surface area contributed by atoms with E-state index in [-0.39, 0.29) is 60.8 Å². The number of rotatable bonds is 20. The maximum absolute atomic E-state index is 13.6. The summed E-state index contributed by atoms with van der Waals surface area (Å²) in [6.07, 6.45) is 19.1. The molecule has 0 unspecified atom stereocenters. The van der Waals surface area contributed by atoms with Crippen molar-refractivity contribution in [1.82, 2.24) is 0 Å². The third-order valence-electron chi connectivity index (χ3n) is 14.7. The normalized spacial score (nSPS) is 25.6. The van der Waals surface area contributed by atoms with Crippen molar-refractivity contribution in [3.8, 4) is 11.5 Å². The lowest BCUT2D eigenvalue weighted by molar-refractivity contribution is -0.151. The third-order valence-corrected chi connectivity index (χ3v) is 14.7. The zero-order valence-electron chi connectivity index (χ0n) is 38.4. The van der Waals surface area contributed by atoms with Gasteiger partial charge in [0.25, 0.3) is 0 Å². The standard InChI is InChI=1S/C53H70O12/c1-4-47(54)60-31-6-8-33-62-50(56)40-21-13-36(14-22-40)38-17-25-42(26-18-38)52(58)64-45-29-30-46(49-35(3)11-10-12-44(45)49)65-53(59)43-27-19-39(20-28-43)37-15-23-41(24-16-37)51(57)63-34-9-7-32-61-48(55)5-2/h4-5,10-12,29-30,36-43H,1-2,6-9,13-28,31-34H2,3H3. The summed E-state index contributed by atoms with van der Waals surface area (Å²) in [6.45, 7) is 9.96. The minimum Gasteiger partial charge on any atom is -0.465 e. The molecule has 65 heavy (non-hydrogen) atoms. The highest BCUT2D eigenvalue weighted by molar-refractivity contribution is 5.98. The van der Waals surface area contributed by atoms with Crippen molar-refractivity contribution in [3.05, 3.63) is 61.2 Å². The molecule has 6 rings (SSSR count). The summed E-state index contributed by atoms with van der Waals surface area (Å²) in [5.41, 5.74) is 0.935. The van der Waals surface area contributed by atoms with E-state index >= 15 is 0 Å². The average Bonchev–Trinajstić information content (AvgIpc) is 3.34. The van der Waals surface area contributed by atoms with E-state index in [1.807, 2.05) is 25.1 Å². The van der Waals surface area contributed by atoms with Gasteiger partial charge in [0.05, 0.1) is 50.1 Å². The Kier molecular flexibility index (Phi) is 19.1. The van der Waals surface area contributed by atoms with Gasteiger partial charge in [-0.1, -0.05) is 31.4 Å². The number of hydrogen-bond acceptors (Lipinski definition) is 12. The van der Waals surface area contributed by atoms with Crippen LogP contribution in [-0.4, -0.2) is 62.2 Å². The predicted molar refractivity (Wildman–Crippen MR) is 244 cm³/mol. The average molecular weight is 899 g/mol. The van der Waals surface area contributed by atoms with Crippen LogP contribution in [0.1, 0.15) is 134 Å². The first kappa shape index (κ1) is 49.4. The van der Waals surface area contributed by atoms with Crippen LogP contribution in [0, 0.1) is 54.3 Å². The monoisotopic (exact) mass is 898 g/mol. The summed E-state index contributed by atoms with van der Waals surface area (Å²) in [5, 5.41) is 1.52. The first-order chi connectivity index (χ1) is 31.5. The number of aryl methyl sites for hydroxylation is 1. The molecule has 0 N–H and O–H groups in total. The number of benzene rings is 2. The summed E-state index contributed by atoms with van der Waals surface area (Å²) >= 11 is 0. The van der Waals surface area contributed by atoms with Gasteiger partial charge in [0.15, 0.2) is 0 Å². The van der Waals surface area contributed by atoms with E-state index in [0.29, 0.717) is 74.1 Å². The third kappa shape index (κ3) is 14.2. The molecular formula is C53H70O12. The summed E-state index contributed by atoms with van der Waals surface area (Å²) in [4.78, 5) is 74.9. The summed E-state index contributed by atoms with van der Waals surface area (Å²) in [6, 6.07) is 9.34. The summed E-state index contributed by atoms with van der Waals surface area (Å²) in [5.74, 6) is 1.04. The van der Waals surface area contributed by atoms with Crippen LogP contribution in [-0.2, 0) is 47.7 Å². The molecule has 0 spiro atoms. The van der Waals surface area contributed by atoms with Gasteiger partial charge in [0.1, 0.15) is 11.5 Å². The van der Waals surface area contributed by atoms with Crippen LogP contribution in [0.25, 0.3) is 10.8 Å². The number of carbonyl (C=O) groups is 6. The van der Waals surface area contributed by atoms with Gasteiger partial charge in [-0.2, -0.15) is 0 Å². The molecule has 0 heterocycles. The van der Waals surface area contributed by atoms with E-state index in [0.717, 1.165) is 131 Å². The number of fused-ring (bicyclic) bond motifs is 1. The zero-order valence-corrected chi connectivity index (χ0v) is 38.4. The summed E-state index contributed by atoms with van der Waals surface area (Å²) < 4.78 is 33.2. The van der Waals surface area contributed by atoms with Crippen molar-refractivity contribution in [2.45, 2.75) is 135 Å². The van der Waals surface area contributed by atoms with Gasteiger partial charge in [0.2, 0.25) is 0 Å². The highest BCUT2D eigenvalue weighted by atomic mass is 16.6. The van der Waals surface area contributed by atoms with Gasteiger partial charge >= 0.3 is 35.8 Å². The van der Waals surface area contributed by atoms with Gasteiger partial charge in [0, 0.05) is 22.9 Å². The van der Waals surface area contributed by atoms with Crippen LogP contribution >= 0.6 is 0 Å². The van der Waals surface area contributed by atoms with E-state index in [2.05, 4.69) is 13.2 Å². The van der Waals surface area contributed by atoms with Crippen molar-refractivity contribution in [1.29, 1.82) is 0 Å². The Bertz CT molecular complexity index is 1960. The fourth-order valence-electron chi connectivity index (χ4n) is 10.8. The second-order valence-corrected chi connectivity index (χ2v) is 18.8. The molecule has 354 valence electrons. The number of ether oxygens (including phenoxy) is 6. The second-order valence-electron chi connectivity index (χ2n) is 18.8. The van der Waals surface area contributed by atoms with E-state index in [1.165, 1.54) is 0 Å². The van der Waals surface area contributed by atoms with Crippen LogP contribution in [0.4, 0.5) is 0 Å². The minimum atomic E-state index is -0.447. The minimum absolute atomic E-state index is 0.0683. The second kappa shape index (κ2) is 25.1. The molecule has 4 aliphatic rings. The fourth-order valence-corrected chi connectivity index (χ4v) is 10.8. The molecule has 0 bridgehead atoms. The number of carbonyl (C=O) groups excluding carboxylic acids is 6. The summed E-state index contributed by atoms with van der Waals surface area (Å²) in [7, 11) is 0. The van der Waals surface area contributed by atoms with E-state index in [1.54, 1.807) is 12.1 Å². The lowest BCUT2D eigenvalue weighted by Gasteiger charge is -2.36. The highest BCUT2D eigenvalue weighted by Gasteiger charge is 2.37. The smallest absolute Gasteiger partial charge is 0.330 e. The van der Waals surface area contributed by atoms with E-state index < -0.39 is 11.9 Å². The molecule has 4 saturated carbocycles. The first-order valence-electron chi connectivity index (χ1n) is 24.4. The van der Waals surface area contributed by atoms with Crippen LogP contribution in [0.2, 0.25) is 0 Å². The van der Waals surface area contributed by atoms with Crippen LogP contribution < -0.4 is 9.47 Å². The van der Waals surface area contributed by atoms with E-state index in [4.69, 9.17) is 28.4 Å². The first-order valence-corrected chi connectivity index (χ1v) is 24.4. The number of hydrogen-bond donors (Lipinski definition) is 0. The Hall–Kier alpha value is -5.00. The van der Waals surface area contributed by atoms with Gasteiger partial charge in [-0.15, -0.1) is 0 Å². The Morgan fingerprint density at radius 3 is 1.18 bits per heavy atom. The molecule has 2 aromatic rings. The SMILES string of the molecule is C=CC(=O)OCCCCOC(=O)C1CCC(C2CCC(C(=O)Oc3ccc(OC(=O)C4CCC(C5CCC(C(=O)OCCCCOC(=O)C=C)CC5)CC4)c4c(C)cccc34)CC2)CC1. The fraction of sp³-hybridized carbons (Fsp3) is 0.623. The Morgan fingerprint density at radius 2 is 0.800 bits per heavy atom. The maximum Gasteiger partial charge on any atom is 0.330 e. The van der Waals surface area contributed by atoms with Crippen LogP contribution in [0.3, 0.4) is 0 Å². The Morgan fingerprint density at radius 1 is 0.462 bits per heavy atom. The molecular weight excluding hydrogens is 829 g/mol. The largest absolute Gasteiger partial charge is 0.465 e. The van der Waals surface area contributed by atoms with Crippen molar-refractivity contribution in [2.75, 3.05) is 26.4 Å². The molecule has 0 amide bonds. The van der Waals surface area contributed by atoms with Gasteiger partial charge < -0.3 is 28.4 Å². The molecule has 0 aliphatic heterocycles. The van der Waals surface area contributed by atoms with Crippen molar-refractivity contribution < 1.29 is 57.2 Å². The van der Waals surface area contributed by atoms with Crippen molar-refractivity contribution >= 4 is 46.6 Å². The van der Waals surface area contributed by atoms with Gasteiger partial charge in [-0.25, -0.2) is 9.59 Å². The van der Waals surface area contributed by atoms with Crippen molar-refractivity contribution in [3.63, 3.8) is 0 Å².